The highest BCUT2D eigenvalue weighted by Gasteiger charge is 2.38. The third-order valence-corrected chi connectivity index (χ3v) is 15.4. The number of hydrogen-bond donors (Lipinski definition) is 0. The number of para-hydroxylation sites is 1. The van der Waals surface area contributed by atoms with Crippen molar-refractivity contribution in [2.75, 3.05) is 0 Å². The van der Waals surface area contributed by atoms with E-state index in [1.54, 1.807) is 11.3 Å². The van der Waals surface area contributed by atoms with Gasteiger partial charge in [0.05, 0.1) is 38.0 Å². The molecule has 0 spiro atoms. The van der Waals surface area contributed by atoms with E-state index in [2.05, 4.69) is 207 Å². The largest absolute Gasteiger partial charge is 0.309 e. The molecular formula is C58H44N4S. The summed E-state index contributed by atoms with van der Waals surface area (Å²) in [5.41, 5.74) is 14.2. The van der Waals surface area contributed by atoms with Crippen LogP contribution in [0.5, 0.6) is 0 Å². The van der Waals surface area contributed by atoms with E-state index in [-0.39, 0.29) is 10.8 Å². The van der Waals surface area contributed by atoms with E-state index in [9.17, 15) is 0 Å². The van der Waals surface area contributed by atoms with Crippen molar-refractivity contribution in [3.8, 4) is 34.0 Å². The summed E-state index contributed by atoms with van der Waals surface area (Å²) in [6, 6.07) is 62.2. The van der Waals surface area contributed by atoms with Gasteiger partial charge in [-0.2, -0.15) is 0 Å². The van der Waals surface area contributed by atoms with Crippen LogP contribution in [0.4, 0.5) is 0 Å². The first-order valence-corrected chi connectivity index (χ1v) is 22.9. The molecule has 13 rings (SSSR count). The summed E-state index contributed by atoms with van der Waals surface area (Å²) >= 11 is 1.78. The summed E-state index contributed by atoms with van der Waals surface area (Å²) in [6.07, 6.45) is 2.32. The smallest absolute Gasteiger partial charge is 0.235 e. The molecule has 12 aromatic rings. The second-order valence-electron chi connectivity index (χ2n) is 18.8. The SMILES string of the molecule is CC1(C)CCC(C)(C)c2cc3c(cc21)c1c2c4c5ccccc5ccc4n(-c4nc(-c5ccc(-c6ccccc6)cc5)c5sc6ccccc6c5n4)c2ccc1n3-c1ccccc1. The van der Waals surface area contributed by atoms with Gasteiger partial charge in [0.1, 0.15) is 0 Å². The number of thiophene rings is 1. The molecule has 8 aromatic carbocycles. The molecule has 1 aliphatic carbocycles. The van der Waals surface area contributed by atoms with Gasteiger partial charge in [-0.05, 0) is 105 Å². The molecule has 0 aliphatic heterocycles. The number of hydrogen-bond acceptors (Lipinski definition) is 3. The highest BCUT2D eigenvalue weighted by Crippen LogP contribution is 2.51. The molecule has 0 bridgehead atoms. The van der Waals surface area contributed by atoms with Gasteiger partial charge in [-0.1, -0.05) is 149 Å². The zero-order valence-electron chi connectivity index (χ0n) is 35.8. The van der Waals surface area contributed by atoms with Crippen molar-refractivity contribution in [3.05, 3.63) is 181 Å². The van der Waals surface area contributed by atoms with Crippen molar-refractivity contribution in [2.45, 2.75) is 51.4 Å². The minimum Gasteiger partial charge on any atom is -0.309 e. The van der Waals surface area contributed by atoms with E-state index in [0.29, 0.717) is 5.95 Å². The Kier molecular flexibility index (Phi) is 7.67. The molecule has 1 aliphatic rings. The topological polar surface area (TPSA) is 35.6 Å². The molecule has 5 heteroatoms. The van der Waals surface area contributed by atoms with Gasteiger partial charge in [-0.3, -0.25) is 4.57 Å². The number of rotatable bonds is 4. The molecule has 4 aromatic heterocycles. The van der Waals surface area contributed by atoms with Crippen molar-refractivity contribution < 1.29 is 0 Å². The minimum absolute atomic E-state index is 0.0526. The quantitative estimate of drug-likeness (QED) is 0.177. The van der Waals surface area contributed by atoms with Gasteiger partial charge in [0.25, 0.3) is 0 Å². The second kappa shape index (κ2) is 13.2. The predicted octanol–water partition coefficient (Wildman–Crippen LogP) is 15.9. The van der Waals surface area contributed by atoms with E-state index < -0.39 is 0 Å². The Morgan fingerprint density at radius 2 is 1.03 bits per heavy atom. The fourth-order valence-corrected chi connectivity index (χ4v) is 12.0. The summed E-state index contributed by atoms with van der Waals surface area (Å²) in [4.78, 5) is 11.2. The fraction of sp³-hybridized carbons (Fsp3) is 0.138. The summed E-state index contributed by atoms with van der Waals surface area (Å²) in [6.45, 7) is 9.74. The van der Waals surface area contributed by atoms with Crippen LogP contribution in [0.15, 0.2) is 170 Å². The molecule has 302 valence electrons. The standard InChI is InChI=1S/C58H44N4S/c1-57(2)31-32-58(3,4)44-34-48-42(33-43(44)57)51-45(61(48)39-18-9-6-10-19-39)29-30-47-52(51)50-40-20-12-11-17-37(40)27-28-46(50)62(47)56-59-53(55-54(60-56)41-21-13-14-22-49(41)63-55)38-25-23-36(24-26-38)35-15-7-5-8-16-35/h5-30,33-34H,31-32H2,1-4H3. The van der Waals surface area contributed by atoms with Crippen molar-refractivity contribution in [1.29, 1.82) is 0 Å². The first-order chi connectivity index (χ1) is 30.7. The van der Waals surface area contributed by atoms with Gasteiger partial charge < -0.3 is 4.57 Å². The lowest BCUT2D eigenvalue weighted by Crippen LogP contribution is -2.33. The summed E-state index contributed by atoms with van der Waals surface area (Å²) in [5, 5.41) is 8.61. The van der Waals surface area contributed by atoms with E-state index >= 15 is 0 Å². The van der Waals surface area contributed by atoms with Gasteiger partial charge in [-0.15, -0.1) is 11.3 Å². The van der Waals surface area contributed by atoms with Gasteiger partial charge in [0.2, 0.25) is 5.95 Å². The highest BCUT2D eigenvalue weighted by molar-refractivity contribution is 7.26. The average molecular weight is 829 g/mol. The van der Waals surface area contributed by atoms with Crippen LogP contribution in [0.25, 0.3) is 109 Å². The fourth-order valence-electron chi connectivity index (χ4n) is 10.8. The van der Waals surface area contributed by atoms with E-state index in [1.807, 2.05) is 0 Å². The van der Waals surface area contributed by atoms with Crippen molar-refractivity contribution in [1.82, 2.24) is 19.1 Å². The predicted molar refractivity (Wildman–Crippen MR) is 267 cm³/mol. The van der Waals surface area contributed by atoms with Crippen LogP contribution in [-0.4, -0.2) is 19.1 Å². The summed E-state index contributed by atoms with van der Waals surface area (Å²) in [7, 11) is 0. The summed E-state index contributed by atoms with van der Waals surface area (Å²) < 4.78 is 7.16. The Balaban J connectivity index is 1.18. The highest BCUT2D eigenvalue weighted by atomic mass is 32.1. The monoisotopic (exact) mass is 828 g/mol. The van der Waals surface area contributed by atoms with Crippen LogP contribution in [-0.2, 0) is 10.8 Å². The first kappa shape index (κ1) is 36.6. The maximum atomic E-state index is 5.64. The molecule has 0 unspecified atom stereocenters. The molecule has 0 atom stereocenters. The second-order valence-corrected chi connectivity index (χ2v) is 19.9. The van der Waals surface area contributed by atoms with Crippen LogP contribution in [0.3, 0.4) is 0 Å². The molecule has 0 N–H and O–H groups in total. The van der Waals surface area contributed by atoms with Crippen LogP contribution in [0.1, 0.15) is 51.7 Å². The van der Waals surface area contributed by atoms with E-state index in [0.717, 1.165) is 50.7 Å². The Labute approximate surface area is 369 Å². The number of benzene rings is 8. The van der Waals surface area contributed by atoms with E-state index in [1.165, 1.54) is 76.0 Å². The Hall–Kier alpha value is -7.08. The van der Waals surface area contributed by atoms with Gasteiger partial charge >= 0.3 is 0 Å². The first-order valence-electron chi connectivity index (χ1n) is 22.1. The molecule has 4 heterocycles. The van der Waals surface area contributed by atoms with Crippen LogP contribution in [0.2, 0.25) is 0 Å². The molecule has 4 nitrogen and oxygen atoms in total. The minimum atomic E-state index is 0.0526. The van der Waals surface area contributed by atoms with Crippen molar-refractivity contribution in [2.24, 2.45) is 0 Å². The molecule has 0 amide bonds. The maximum Gasteiger partial charge on any atom is 0.235 e. The third-order valence-electron chi connectivity index (χ3n) is 14.2. The zero-order chi connectivity index (χ0) is 42.2. The molecule has 0 saturated carbocycles. The molecule has 0 fully saturated rings. The van der Waals surface area contributed by atoms with Gasteiger partial charge in [0, 0.05) is 42.9 Å². The van der Waals surface area contributed by atoms with Crippen LogP contribution >= 0.6 is 11.3 Å². The van der Waals surface area contributed by atoms with Crippen LogP contribution < -0.4 is 0 Å². The zero-order valence-corrected chi connectivity index (χ0v) is 36.6. The lowest BCUT2D eigenvalue weighted by molar-refractivity contribution is 0.332. The molecular weight excluding hydrogens is 785 g/mol. The molecule has 0 radical (unpaired) electrons. The number of nitrogens with zero attached hydrogens (tertiary/aromatic N) is 4. The normalized spacial score (nSPS) is 14.8. The Morgan fingerprint density at radius 1 is 0.460 bits per heavy atom. The number of fused-ring (bicyclic) bond motifs is 13. The molecule has 63 heavy (non-hydrogen) atoms. The lowest BCUT2D eigenvalue weighted by atomic mass is 9.63. The van der Waals surface area contributed by atoms with E-state index in [4.69, 9.17) is 9.97 Å². The lowest BCUT2D eigenvalue weighted by Gasteiger charge is -2.42. The average Bonchev–Trinajstić information content (AvgIpc) is 3.98. The van der Waals surface area contributed by atoms with Crippen molar-refractivity contribution in [3.63, 3.8) is 0 Å². The van der Waals surface area contributed by atoms with Crippen LogP contribution in [0, 0.1) is 0 Å². The van der Waals surface area contributed by atoms with Gasteiger partial charge in [0.15, 0.2) is 0 Å². The van der Waals surface area contributed by atoms with Gasteiger partial charge in [-0.25, -0.2) is 9.97 Å². The maximum absolute atomic E-state index is 5.64. The Morgan fingerprint density at radius 3 is 1.79 bits per heavy atom. The van der Waals surface area contributed by atoms with Crippen molar-refractivity contribution >= 4 is 86.0 Å². The number of aromatic nitrogens is 4. The third kappa shape index (κ3) is 5.33. The Bertz CT molecular complexity index is 3830. The molecule has 0 saturated heterocycles. The summed E-state index contributed by atoms with van der Waals surface area (Å²) in [5.74, 6) is 0.676.